The van der Waals surface area contributed by atoms with E-state index >= 15 is 0 Å². The summed E-state index contributed by atoms with van der Waals surface area (Å²) < 4.78 is 10.9. The molecule has 1 aliphatic rings. The van der Waals surface area contributed by atoms with Gasteiger partial charge in [-0.2, -0.15) is 0 Å². The number of hydrogen-bond acceptors (Lipinski definition) is 5. The van der Waals surface area contributed by atoms with Gasteiger partial charge in [-0.15, -0.1) is 0 Å². The topological polar surface area (TPSA) is 76.1 Å². The minimum Gasteiger partial charge on any atom is -0.492 e. The van der Waals surface area contributed by atoms with Gasteiger partial charge in [0.05, 0.1) is 56.3 Å². The Kier molecular flexibility index (Phi) is 7.38. The summed E-state index contributed by atoms with van der Waals surface area (Å²) in [5.74, 6) is 0.560. The fourth-order valence-electron chi connectivity index (χ4n) is 4.37. The molecule has 1 aliphatic heterocycles. The first-order valence-electron chi connectivity index (χ1n) is 11.1. The Bertz CT molecular complexity index is 929. The molecular weight excluding hydrogens is 394 g/mol. The molecule has 1 aromatic carbocycles. The number of ketones is 1. The molecule has 7 heteroatoms. The number of Topliss-reactive ketones (excluding diaryl/α,β-unsaturated/α-hetero) is 1. The van der Waals surface area contributed by atoms with Crippen LogP contribution < -0.4 is 14.5 Å². The molecule has 2 N–H and O–H groups in total. The average molecular weight is 429 g/mol. The van der Waals surface area contributed by atoms with Crippen LogP contribution in [0.3, 0.4) is 0 Å². The summed E-state index contributed by atoms with van der Waals surface area (Å²) in [6.07, 6.45) is 0. The molecule has 1 atom stereocenters. The normalized spacial score (nSPS) is 15.6. The Balaban J connectivity index is 1.69. The van der Waals surface area contributed by atoms with Crippen molar-refractivity contribution in [2.24, 2.45) is 0 Å². The predicted molar refractivity (Wildman–Crippen MR) is 121 cm³/mol. The number of aryl methyl sites for hydroxylation is 1. The number of hydrogen-bond donors (Lipinski definition) is 2. The molecule has 1 fully saturated rings. The van der Waals surface area contributed by atoms with Crippen molar-refractivity contribution < 1.29 is 24.0 Å². The molecule has 31 heavy (non-hydrogen) atoms. The third-order valence-electron chi connectivity index (χ3n) is 6.08. The largest absolute Gasteiger partial charge is 0.492 e. The summed E-state index contributed by atoms with van der Waals surface area (Å²) in [7, 11) is 0. The molecule has 7 nitrogen and oxygen atoms in total. The van der Waals surface area contributed by atoms with E-state index in [0.717, 1.165) is 37.6 Å². The van der Waals surface area contributed by atoms with Crippen molar-refractivity contribution in [2.75, 3.05) is 44.3 Å². The number of anilines is 1. The number of carbonyl (C=O) groups excluding carboxylic acids is 2. The predicted octanol–water partition coefficient (Wildman–Crippen LogP) is 2.18. The van der Waals surface area contributed by atoms with Crippen LogP contribution in [0.4, 0.5) is 5.69 Å². The van der Waals surface area contributed by atoms with Crippen LogP contribution in [0.5, 0.6) is 5.75 Å². The quantitative estimate of drug-likeness (QED) is 0.498. The maximum atomic E-state index is 13.3. The van der Waals surface area contributed by atoms with Gasteiger partial charge in [0.1, 0.15) is 5.75 Å². The van der Waals surface area contributed by atoms with Crippen LogP contribution in [0.25, 0.3) is 0 Å². The second kappa shape index (κ2) is 10.0. The molecule has 0 radical (unpaired) electrons. The molecule has 0 aliphatic carbocycles. The summed E-state index contributed by atoms with van der Waals surface area (Å²) in [5, 5.41) is 0. The van der Waals surface area contributed by atoms with Crippen molar-refractivity contribution in [1.82, 2.24) is 4.98 Å². The van der Waals surface area contributed by atoms with E-state index in [4.69, 9.17) is 9.47 Å². The second-order valence-electron chi connectivity index (χ2n) is 7.98. The van der Waals surface area contributed by atoms with Crippen LogP contribution in [-0.2, 0) is 4.74 Å². The monoisotopic (exact) mass is 428 g/mol. The molecule has 2 heterocycles. The maximum Gasteiger partial charge on any atom is 0.340 e. The van der Waals surface area contributed by atoms with Gasteiger partial charge >= 0.3 is 5.97 Å². The molecule has 168 valence electrons. The second-order valence-corrected chi connectivity index (χ2v) is 7.98. The SMILES string of the molecule is CCOC(=O)c1c(C)[nH]c(C(=O)[C@H](C)[NH+]2CCN(c3ccccc3OCC)CC2)c1C. The number of rotatable bonds is 8. The molecule has 3 rings (SSSR count). The van der Waals surface area contributed by atoms with Crippen molar-refractivity contribution in [3.63, 3.8) is 0 Å². The lowest BCUT2D eigenvalue weighted by Gasteiger charge is -2.36. The lowest BCUT2D eigenvalue weighted by atomic mass is 10.0. The number of H-pyrrole nitrogens is 1. The Hall–Kier alpha value is -2.80. The Morgan fingerprint density at radius 3 is 2.45 bits per heavy atom. The van der Waals surface area contributed by atoms with Gasteiger partial charge < -0.3 is 24.3 Å². The number of piperazine rings is 1. The number of esters is 1. The van der Waals surface area contributed by atoms with Crippen LogP contribution in [0, 0.1) is 13.8 Å². The van der Waals surface area contributed by atoms with Crippen LogP contribution >= 0.6 is 0 Å². The van der Waals surface area contributed by atoms with Gasteiger partial charge in [-0.25, -0.2) is 4.79 Å². The van der Waals surface area contributed by atoms with E-state index in [-0.39, 0.29) is 17.8 Å². The summed E-state index contributed by atoms with van der Waals surface area (Å²) in [5.41, 5.74) is 3.46. The fourth-order valence-corrected chi connectivity index (χ4v) is 4.37. The Labute approximate surface area is 184 Å². The number of ether oxygens (including phenoxy) is 2. The Morgan fingerprint density at radius 2 is 1.81 bits per heavy atom. The highest BCUT2D eigenvalue weighted by Crippen LogP contribution is 2.28. The molecule has 0 spiro atoms. The first kappa shape index (κ1) is 22.9. The van der Waals surface area contributed by atoms with Crippen LogP contribution in [0.1, 0.15) is 52.9 Å². The van der Waals surface area contributed by atoms with Crippen molar-refractivity contribution in [3.05, 3.63) is 46.8 Å². The number of aromatic amines is 1. The minimum absolute atomic E-state index is 0.0364. The van der Waals surface area contributed by atoms with Gasteiger partial charge in [-0.05, 0) is 52.3 Å². The van der Waals surface area contributed by atoms with E-state index < -0.39 is 0 Å². The number of nitrogens with zero attached hydrogens (tertiary/aromatic N) is 1. The molecule has 1 aromatic heterocycles. The number of benzene rings is 1. The van der Waals surface area contributed by atoms with E-state index in [9.17, 15) is 9.59 Å². The zero-order valence-corrected chi connectivity index (χ0v) is 19.2. The maximum absolute atomic E-state index is 13.3. The van der Waals surface area contributed by atoms with E-state index in [1.165, 1.54) is 4.90 Å². The Morgan fingerprint density at radius 1 is 1.13 bits per heavy atom. The zero-order valence-electron chi connectivity index (χ0n) is 19.2. The van der Waals surface area contributed by atoms with Crippen LogP contribution in [-0.4, -0.2) is 62.2 Å². The van der Waals surface area contributed by atoms with Crippen molar-refractivity contribution in [1.29, 1.82) is 0 Å². The molecule has 1 saturated heterocycles. The number of aromatic nitrogens is 1. The van der Waals surface area contributed by atoms with E-state index in [1.54, 1.807) is 6.92 Å². The molecule has 2 aromatic rings. The minimum atomic E-state index is -0.380. The highest BCUT2D eigenvalue weighted by Gasteiger charge is 2.33. The van der Waals surface area contributed by atoms with E-state index in [1.807, 2.05) is 45.9 Å². The summed E-state index contributed by atoms with van der Waals surface area (Å²) >= 11 is 0. The van der Waals surface area contributed by atoms with Gasteiger partial charge in [0.2, 0.25) is 5.78 Å². The number of para-hydroxylation sites is 2. The fraction of sp³-hybridized carbons (Fsp3) is 0.500. The molecule has 0 amide bonds. The standard InChI is InChI=1S/C24H33N3O4/c1-6-30-20-11-9-8-10-19(20)27-14-12-26(13-15-27)18(5)23(28)22-16(3)21(17(4)25-22)24(29)31-7-2/h8-11,18,25H,6-7,12-15H2,1-5H3/p+1/t18-/m0/s1. The summed E-state index contributed by atoms with van der Waals surface area (Å²) in [6, 6.07) is 7.91. The third-order valence-corrected chi connectivity index (χ3v) is 6.08. The van der Waals surface area contributed by atoms with Gasteiger partial charge in [0.25, 0.3) is 0 Å². The average Bonchev–Trinajstić information content (AvgIpc) is 3.07. The number of quaternary nitrogens is 1. The number of carbonyl (C=O) groups is 2. The zero-order chi connectivity index (χ0) is 22.5. The first-order chi connectivity index (χ1) is 14.9. The third kappa shape index (κ3) is 4.77. The molecular formula is C24H34N3O4+. The first-order valence-corrected chi connectivity index (χ1v) is 11.1. The number of nitrogens with one attached hydrogen (secondary N) is 2. The van der Waals surface area contributed by atoms with Gasteiger partial charge in [0, 0.05) is 5.69 Å². The van der Waals surface area contributed by atoms with Gasteiger partial charge in [-0.1, -0.05) is 12.1 Å². The van der Waals surface area contributed by atoms with E-state index in [0.29, 0.717) is 35.7 Å². The highest BCUT2D eigenvalue weighted by molar-refractivity contribution is 6.03. The highest BCUT2D eigenvalue weighted by atomic mass is 16.5. The summed E-state index contributed by atoms with van der Waals surface area (Å²) in [4.78, 5) is 32.2. The van der Waals surface area contributed by atoms with Crippen molar-refractivity contribution in [3.8, 4) is 5.75 Å². The van der Waals surface area contributed by atoms with Crippen molar-refractivity contribution >= 4 is 17.4 Å². The van der Waals surface area contributed by atoms with Crippen molar-refractivity contribution in [2.45, 2.75) is 40.7 Å². The van der Waals surface area contributed by atoms with Gasteiger partial charge in [0.15, 0.2) is 6.04 Å². The smallest absolute Gasteiger partial charge is 0.340 e. The van der Waals surface area contributed by atoms with Crippen LogP contribution in [0.2, 0.25) is 0 Å². The van der Waals surface area contributed by atoms with Gasteiger partial charge in [-0.3, -0.25) is 4.79 Å². The molecule has 0 bridgehead atoms. The molecule has 0 saturated carbocycles. The molecule has 0 unspecified atom stereocenters. The lowest BCUT2D eigenvalue weighted by molar-refractivity contribution is -0.914. The van der Waals surface area contributed by atoms with Crippen LogP contribution in [0.15, 0.2) is 24.3 Å². The van der Waals surface area contributed by atoms with E-state index in [2.05, 4.69) is 16.0 Å². The summed E-state index contributed by atoms with van der Waals surface area (Å²) in [6.45, 7) is 13.7. The lowest BCUT2D eigenvalue weighted by Crippen LogP contribution is -3.18.